The SMILES string of the molecule is CCn1c(Nc2nnc(-c3cccs3)s2)nnc1SCc1ccccc1Cl. The van der Waals surface area contributed by atoms with E-state index in [9.17, 15) is 0 Å². The van der Waals surface area contributed by atoms with Gasteiger partial charge in [0.05, 0.1) is 4.88 Å². The molecule has 138 valence electrons. The number of halogens is 1. The lowest BCUT2D eigenvalue weighted by molar-refractivity contribution is 0.688. The number of thiophene rings is 1. The maximum atomic E-state index is 6.24. The van der Waals surface area contributed by atoms with Crippen LogP contribution in [0.15, 0.2) is 46.9 Å². The molecule has 3 heterocycles. The molecule has 4 rings (SSSR count). The number of benzene rings is 1. The molecule has 6 nitrogen and oxygen atoms in total. The Hall–Kier alpha value is -1.94. The largest absolute Gasteiger partial charge is 0.299 e. The molecule has 0 aliphatic heterocycles. The number of hydrogen-bond acceptors (Lipinski definition) is 8. The Balaban J connectivity index is 1.49. The topological polar surface area (TPSA) is 68.5 Å². The van der Waals surface area contributed by atoms with Gasteiger partial charge in [-0.15, -0.1) is 31.7 Å². The third-order valence-corrected chi connectivity index (χ3v) is 6.99. The molecule has 0 atom stereocenters. The zero-order valence-electron chi connectivity index (χ0n) is 14.3. The fourth-order valence-electron chi connectivity index (χ4n) is 2.40. The van der Waals surface area contributed by atoms with Gasteiger partial charge in [-0.1, -0.05) is 59.0 Å². The van der Waals surface area contributed by atoms with E-state index in [1.807, 2.05) is 46.3 Å². The van der Waals surface area contributed by atoms with Crippen LogP contribution in [0.5, 0.6) is 0 Å². The summed E-state index contributed by atoms with van der Waals surface area (Å²) in [5.74, 6) is 1.40. The highest BCUT2D eigenvalue weighted by molar-refractivity contribution is 7.98. The minimum atomic E-state index is 0.660. The van der Waals surface area contributed by atoms with Crippen molar-refractivity contribution in [1.82, 2.24) is 25.0 Å². The van der Waals surface area contributed by atoms with Crippen LogP contribution in [-0.4, -0.2) is 25.0 Å². The summed E-state index contributed by atoms with van der Waals surface area (Å²) in [6.07, 6.45) is 0. The third kappa shape index (κ3) is 4.16. The molecule has 27 heavy (non-hydrogen) atoms. The average molecular weight is 435 g/mol. The fraction of sp³-hybridized carbons (Fsp3) is 0.176. The zero-order chi connectivity index (χ0) is 18.6. The first kappa shape index (κ1) is 18.4. The van der Waals surface area contributed by atoms with Crippen molar-refractivity contribution < 1.29 is 0 Å². The highest BCUT2D eigenvalue weighted by atomic mass is 35.5. The minimum absolute atomic E-state index is 0.660. The zero-order valence-corrected chi connectivity index (χ0v) is 17.5. The number of thioether (sulfide) groups is 1. The molecule has 0 radical (unpaired) electrons. The van der Waals surface area contributed by atoms with Gasteiger partial charge < -0.3 is 0 Å². The first-order chi connectivity index (χ1) is 13.2. The van der Waals surface area contributed by atoms with Gasteiger partial charge in [0.2, 0.25) is 11.1 Å². The average Bonchev–Trinajstić information content (AvgIpc) is 3.42. The van der Waals surface area contributed by atoms with Crippen LogP contribution in [0.2, 0.25) is 5.02 Å². The van der Waals surface area contributed by atoms with Gasteiger partial charge in [0.25, 0.3) is 0 Å². The normalized spacial score (nSPS) is 11.0. The molecule has 10 heteroatoms. The van der Waals surface area contributed by atoms with E-state index in [-0.39, 0.29) is 0 Å². The standard InChI is InChI=1S/C17H15ClN6S3/c1-2-24-15(19-16-22-20-14(27-16)13-8-5-9-25-13)21-23-17(24)26-10-11-6-3-4-7-12(11)18/h3-9H,2,10H2,1H3,(H,19,21,22). The van der Waals surface area contributed by atoms with Gasteiger partial charge in [-0.05, 0) is 30.0 Å². The Morgan fingerprint density at radius 2 is 2.00 bits per heavy atom. The molecule has 0 fully saturated rings. The predicted molar refractivity (Wildman–Crippen MR) is 113 cm³/mol. The summed E-state index contributed by atoms with van der Waals surface area (Å²) in [4.78, 5) is 1.11. The van der Waals surface area contributed by atoms with Crippen molar-refractivity contribution in [1.29, 1.82) is 0 Å². The molecule has 0 saturated heterocycles. The fourth-order valence-corrected chi connectivity index (χ4v) is 5.22. The molecule has 0 spiro atoms. The van der Waals surface area contributed by atoms with E-state index < -0.39 is 0 Å². The summed E-state index contributed by atoms with van der Waals surface area (Å²) >= 11 is 11.0. The predicted octanol–water partition coefficient (Wildman–Crippen LogP) is 5.57. The summed E-state index contributed by atoms with van der Waals surface area (Å²) in [7, 11) is 0. The Labute approximate surface area is 173 Å². The number of nitrogens with one attached hydrogen (secondary N) is 1. The maximum Gasteiger partial charge on any atom is 0.231 e. The summed E-state index contributed by atoms with van der Waals surface area (Å²) in [6, 6.07) is 11.9. The Bertz CT molecular complexity index is 1030. The van der Waals surface area contributed by atoms with Crippen LogP contribution in [0.25, 0.3) is 9.88 Å². The number of hydrogen-bond donors (Lipinski definition) is 1. The van der Waals surface area contributed by atoms with E-state index >= 15 is 0 Å². The molecule has 0 aliphatic rings. The lowest BCUT2D eigenvalue weighted by atomic mass is 10.2. The van der Waals surface area contributed by atoms with E-state index in [1.165, 1.54) is 11.3 Å². The lowest BCUT2D eigenvalue weighted by Crippen LogP contribution is -2.03. The number of anilines is 2. The molecule has 0 saturated carbocycles. The van der Waals surface area contributed by atoms with Crippen molar-refractivity contribution in [3.8, 4) is 9.88 Å². The molecule has 4 aromatic rings. The van der Waals surface area contributed by atoms with E-state index in [2.05, 4.69) is 32.6 Å². The highest BCUT2D eigenvalue weighted by Gasteiger charge is 2.15. The van der Waals surface area contributed by atoms with Crippen molar-refractivity contribution in [2.75, 3.05) is 5.32 Å². The van der Waals surface area contributed by atoms with Gasteiger partial charge in [-0.25, -0.2) is 0 Å². The van der Waals surface area contributed by atoms with Crippen LogP contribution < -0.4 is 5.32 Å². The minimum Gasteiger partial charge on any atom is -0.299 e. The molecular weight excluding hydrogens is 420 g/mol. The van der Waals surface area contributed by atoms with Crippen LogP contribution in [0.3, 0.4) is 0 Å². The summed E-state index contributed by atoms with van der Waals surface area (Å²) < 4.78 is 2.02. The Morgan fingerprint density at radius 3 is 2.78 bits per heavy atom. The molecular formula is C17H15ClN6S3. The van der Waals surface area contributed by atoms with Crippen molar-refractivity contribution in [3.05, 3.63) is 52.4 Å². The second-order valence-corrected chi connectivity index (χ2v) is 8.72. The van der Waals surface area contributed by atoms with Gasteiger partial charge in [-0.2, -0.15) is 0 Å². The second-order valence-electron chi connectivity index (χ2n) is 5.45. The first-order valence-electron chi connectivity index (χ1n) is 8.18. The van der Waals surface area contributed by atoms with Crippen LogP contribution in [-0.2, 0) is 12.3 Å². The molecule has 0 amide bonds. The number of nitrogens with zero attached hydrogens (tertiary/aromatic N) is 5. The summed E-state index contributed by atoms with van der Waals surface area (Å²) in [5, 5.41) is 25.5. The van der Waals surface area contributed by atoms with Gasteiger partial charge in [0, 0.05) is 17.3 Å². The Morgan fingerprint density at radius 1 is 1.11 bits per heavy atom. The smallest absolute Gasteiger partial charge is 0.231 e. The molecule has 3 aromatic heterocycles. The monoisotopic (exact) mass is 434 g/mol. The summed E-state index contributed by atoms with van der Waals surface area (Å²) in [5.41, 5.74) is 1.08. The quantitative estimate of drug-likeness (QED) is 0.383. The van der Waals surface area contributed by atoms with Crippen LogP contribution in [0, 0.1) is 0 Å². The van der Waals surface area contributed by atoms with Gasteiger partial charge in [0.1, 0.15) is 0 Å². The van der Waals surface area contributed by atoms with E-state index in [0.717, 1.165) is 37.9 Å². The van der Waals surface area contributed by atoms with Crippen LogP contribution in [0.1, 0.15) is 12.5 Å². The van der Waals surface area contributed by atoms with E-state index in [4.69, 9.17) is 11.6 Å². The molecule has 0 bridgehead atoms. The van der Waals surface area contributed by atoms with Crippen molar-refractivity contribution in [3.63, 3.8) is 0 Å². The molecule has 0 aliphatic carbocycles. The second kappa shape index (κ2) is 8.39. The Kier molecular flexibility index (Phi) is 5.72. The third-order valence-electron chi connectivity index (χ3n) is 3.72. The van der Waals surface area contributed by atoms with E-state index in [0.29, 0.717) is 11.1 Å². The van der Waals surface area contributed by atoms with Gasteiger partial charge in [0.15, 0.2) is 10.2 Å². The van der Waals surface area contributed by atoms with Crippen molar-refractivity contribution in [2.45, 2.75) is 24.4 Å². The van der Waals surface area contributed by atoms with Gasteiger partial charge >= 0.3 is 0 Å². The number of aromatic nitrogens is 5. The van der Waals surface area contributed by atoms with Crippen LogP contribution in [0.4, 0.5) is 11.1 Å². The van der Waals surface area contributed by atoms with Crippen molar-refractivity contribution in [2.24, 2.45) is 0 Å². The molecule has 1 aromatic carbocycles. The molecule has 1 N–H and O–H groups in total. The van der Waals surface area contributed by atoms with E-state index in [1.54, 1.807) is 23.1 Å². The van der Waals surface area contributed by atoms with Crippen LogP contribution >= 0.6 is 46.0 Å². The first-order valence-corrected chi connectivity index (χ1v) is 11.2. The summed E-state index contributed by atoms with van der Waals surface area (Å²) in [6.45, 7) is 2.81. The molecule has 0 unspecified atom stereocenters. The number of rotatable bonds is 7. The highest BCUT2D eigenvalue weighted by Crippen LogP contribution is 2.32. The van der Waals surface area contributed by atoms with Crippen molar-refractivity contribution >= 4 is 57.1 Å². The maximum absolute atomic E-state index is 6.24. The lowest BCUT2D eigenvalue weighted by Gasteiger charge is -2.07. The van der Waals surface area contributed by atoms with Gasteiger partial charge in [-0.3, -0.25) is 9.88 Å².